The van der Waals surface area contributed by atoms with E-state index in [2.05, 4.69) is 20.7 Å². The van der Waals surface area contributed by atoms with Crippen molar-refractivity contribution in [1.29, 1.82) is 0 Å². The summed E-state index contributed by atoms with van der Waals surface area (Å²) in [5.41, 5.74) is 1.56. The Morgan fingerprint density at radius 1 is 1.06 bits per heavy atom. The van der Waals surface area contributed by atoms with Crippen LogP contribution in [-0.2, 0) is 16.1 Å². The Kier molecular flexibility index (Phi) is 6.76. The second-order valence-electron chi connectivity index (χ2n) is 8.29. The van der Waals surface area contributed by atoms with Crippen LogP contribution in [0.5, 0.6) is 5.75 Å². The van der Waals surface area contributed by atoms with Gasteiger partial charge < -0.3 is 19.9 Å². The summed E-state index contributed by atoms with van der Waals surface area (Å²) in [6.07, 6.45) is 4.35. The fourth-order valence-corrected chi connectivity index (χ4v) is 3.75. The zero-order chi connectivity index (χ0) is 25.1. The number of nitrogens with zero attached hydrogens (tertiary/aromatic N) is 4. The molecule has 0 aliphatic heterocycles. The van der Waals surface area contributed by atoms with Crippen molar-refractivity contribution in [2.24, 2.45) is 5.92 Å². The van der Waals surface area contributed by atoms with Gasteiger partial charge >= 0.3 is 0 Å². The number of rotatable bonds is 8. The van der Waals surface area contributed by atoms with Gasteiger partial charge in [0.05, 0.1) is 36.4 Å². The van der Waals surface area contributed by atoms with Gasteiger partial charge in [0, 0.05) is 24.0 Å². The number of benzene rings is 2. The van der Waals surface area contributed by atoms with Crippen molar-refractivity contribution in [1.82, 2.24) is 19.3 Å². The summed E-state index contributed by atoms with van der Waals surface area (Å²) in [5, 5.41) is 9.66. The number of aromatic nitrogens is 4. The van der Waals surface area contributed by atoms with Gasteiger partial charge in [-0.15, -0.1) is 0 Å². The summed E-state index contributed by atoms with van der Waals surface area (Å²) in [6.45, 7) is 3.61. The lowest BCUT2D eigenvalue weighted by atomic mass is 10.0. The molecule has 0 saturated carbocycles. The van der Waals surface area contributed by atoms with E-state index in [0.29, 0.717) is 22.6 Å². The average molecular weight is 482 g/mol. The van der Waals surface area contributed by atoms with E-state index in [9.17, 15) is 18.4 Å². The first-order chi connectivity index (χ1) is 16.7. The Hall–Kier alpha value is -4.28. The van der Waals surface area contributed by atoms with Crippen LogP contribution in [0.15, 0.2) is 55.1 Å². The van der Waals surface area contributed by atoms with Crippen molar-refractivity contribution < 1.29 is 23.1 Å². The van der Waals surface area contributed by atoms with Crippen molar-refractivity contribution >= 4 is 34.2 Å². The van der Waals surface area contributed by atoms with E-state index in [0.717, 1.165) is 12.1 Å². The summed E-state index contributed by atoms with van der Waals surface area (Å²) in [7, 11) is 1.56. The maximum absolute atomic E-state index is 13.8. The standard InChI is InChI=1S/C24H24F2N6O3/c1-14(2)23(32-13-27-20-8-18(25)19(26)9-21(20)32)24(34)30-16-10-28-31(11-16)12-22(33)29-15-4-6-17(35-3)7-5-15/h4-11,13-14,23H,12H2,1-3H3,(H,29,33)(H,30,34). The predicted molar refractivity (Wildman–Crippen MR) is 126 cm³/mol. The number of nitrogens with one attached hydrogen (secondary N) is 2. The molecule has 11 heteroatoms. The number of imidazole rings is 1. The number of halogens is 2. The molecule has 4 rings (SSSR count). The lowest BCUT2D eigenvalue weighted by Crippen LogP contribution is -2.29. The minimum atomic E-state index is -1.02. The van der Waals surface area contributed by atoms with Gasteiger partial charge in [-0.05, 0) is 30.2 Å². The fraction of sp³-hybridized carbons (Fsp3) is 0.250. The first kappa shape index (κ1) is 23.9. The van der Waals surface area contributed by atoms with Gasteiger partial charge in [-0.2, -0.15) is 5.10 Å². The molecule has 2 N–H and O–H groups in total. The number of carbonyl (C=O) groups excluding carboxylic acids is 2. The SMILES string of the molecule is COc1ccc(NC(=O)Cn2cc(NC(=O)C(C(C)C)n3cnc4cc(F)c(F)cc43)cn2)cc1. The first-order valence-corrected chi connectivity index (χ1v) is 10.8. The minimum absolute atomic E-state index is 0.0630. The molecule has 0 bridgehead atoms. The molecule has 2 amide bonds. The summed E-state index contributed by atoms with van der Waals surface area (Å²) in [5.74, 6) is -2.21. The van der Waals surface area contributed by atoms with E-state index in [1.807, 2.05) is 13.8 Å². The number of carbonyl (C=O) groups is 2. The van der Waals surface area contributed by atoms with Crippen molar-refractivity contribution in [2.75, 3.05) is 17.7 Å². The van der Waals surface area contributed by atoms with E-state index < -0.39 is 17.7 Å². The summed E-state index contributed by atoms with van der Waals surface area (Å²) >= 11 is 0. The number of methoxy groups -OCH3 is 1. The summed E-state index contributed by atoms with van der Waals surface area (Å²) in [6, 6.07) is 8.19. The molecule has 4 aromatic rings. The van der Waals surface area contributed by atoms with Crippen molar-refractivity contribution in [3.63, 3.8) is 0 Å². The van der Waals surface area contributed by atoms with Gasteiger partial charge in [-0.1, -0.05) is 13.8 Å². The maximum atomic E-state index is 13.8. The molecule has 0 fully saturated rings. The molecule has 1 atom stereocenters. The second kappa shape index (κ2) is 9.92. The average Bonchev–Trinajstić information content (AvgIpc) is 3.41. The lowest BCUT2D eigenvalue weighted by molar-refractivity contribution is -0.120. The second-order valence-corrected chi connectivity index (χ2v) is 8.29. The summed E-state index contributed by atoms with van der Waals surface area (Å²) in [4.78, 5) is 29.6. The zero-order valence-corrected chi connectivity index (χ0v) is 19.3. The van der Waals surface area contributed by atoms with Crippen molar-refractivity contribution in [3.05, 3.63) is 66.8 Å². The van der Waals surface area contributed by atoms with Crippen LogP contribution in [0.2, 0.25) is 0 Å². The van der Waals surface area contributed by atoms with Crippen LogP contribution >= 0.6 is 0 Å². The lowest BCUT2D eigenvalue weighted by Gasteiger charge is -2.22. The predicted octanol–water partition coefficient (Wildman–Crippen LogP) is 3.99. The monoisotopic (exact) mass is 482 g/mol. The minimum Gasteiger partial charge on any atom is -0.497 e. The molecule has 2 aromatic heterocycles. The Morgan fingerprint density at radius 2 is 1.77 bits per heavy atom. The van der Waals surface area contributed by atoms with Gasteiger partial charge in [0.2, 0.25) is 11.8 Å². The van der Waals surface area contributed by atoms with Crippen LogP contribution in [0, 0.1) is 17.6 Å². The van der Waals surface area contributed by atoms with Crippen LogP contribution in [0.3, 0.4) is 0 Å². The van der Waals surface area contributed by atoms with Crippen molar-refractivity contribution in [2.45, 2.75) is 26.4 Å². The molecule has 0 radical (unpaired) electrons. The molecule has 1 unspecified atom stereocenters. The molecule has 0 spiro atoms. The summed E-state index contributed by atoms with van der Waals surface area (Å²) < 4.78 is 35.4. The number of fused-ring (bicyclic) bond motifs is 1. The number of anilines is 2. The maximum Gasteiger partial charge on any atom is 0.247 e. The third-order valence-corrected chi connectivity index (χ3v) is 5.40. The number of ether oxygens (including phenoxy) is 1. The highest BCUT2D eigenvalue weighted by molar-refractivity contribution is 5.95. The van der Waals surface area contributed by atoms with Crippen LogP contribution in [0.25, 0.3) is 11.0 Å². The Morgan fingerprint density at radius 3 is 2.46 bits per heavy atom. The van der Waals surface area contributed by atoms with Gasteiger partial charge in [-0.3, -0.25) is 14.3 Å². The van der Waals surface area contributed by atoms with Crippen LogP contribution in [-0.4, -0.2) is 38.3 Å². The van der Waals surface area contributed by atoms with Gasteiger partial charge in [0.15, 0.2) is 11.6 Å². The number of hydrogen-bond donors (Lipinski definition) is 2. The first-order valence-electron chi connectivity index (χ1n) is 10.8. The molecule has 0 saturated heterocycles. The molecule has 0 aliphatic rings. The van der Waals surface area contributed by atoms with E-state index in [1.54, 1.807) is 31.4 Å². The third-order valence-electron chi connectivity index (χ3n) is 5.40. The van der Waals surface area contributed by atoms with Crippen molar-refractivity contribution in [3.8, 4) is 5.75 Å². The molecule has 0 aliphatic carbocycles. The van der Waals surface area contributed by atoms with E-state index in [4.69, 9.17) is 4.74 Å². The highest BCUT2D eigenvalue weighted by Crippen LogP contribution is 2.26. The number of hydrogen-bond acceptors (Lipinski definition) is 5. The van der Waals surface area contributed by atoms with E-state index >= 15 is 0 Å². The molecule has 182 valence electrons. The normalized spacial score (nSPS) is 12.1. The van der Waals surface area contributed by atoms with Gasteiger partial charge in [0.1, 0.15) is 18.3 Å². The highest BCUT2D eigenvalue weighted by Gasteiger charge is 2.27. The topological polar surface area (TPSA) is 103 Å². The fourth-order valence-electron chi connectivity index (χ4n) is 3.75. The Labute approximate surface area is 199 Å². The van der Waals surface area contributed by atoms with Gasteiger partial charge in [-0.25, -0.2) is 13.8 Å². The molecule has 2 aromatic carbocycles. The molecular formula is C24H24F2N6O3. The van der Waals surface area contributed by atoms with Crippen LogP contribution in [0.4, 0.5) is 20.2 Å². The zero-order valence-electron chi connectivity index (χ0n) is 19.3. The van der Waals surface area contributed by atoms with Crippen LogP contribution in [0.1, 0.15) is 19.9 Å². The molecule has 2 heterocycles. The smallest absolute Gasteiger partial charge is 0.247 e. The van der Waals surface area contributed by atoms with Crippen LogP contribution < -0.4 is 15.4 Å². The highest BCUT2D eigenvalue weighted by atomic mass is 19.2. The Balaban J connectivity index is 1.44. The number of amides is 2. The third kappa shape index (κ3) is 5.29. The molecule has 9 nitrogen and oxygen atoms in total. The largest absolute Gasteiger partial charge is 0.497 e. The van der Waals surface area contributed by atoms with E-state index in [-0.39, 0.29) is 29.8 Å². The quantitative estimate of drug-likeness (QED) is 0.395. The molecule has 35 heavy (non-hydrogen) atoms. The Bertz CT molecular complexity index is 1360. The molecular weight excluding hydrogens is 458 g/mol. The van der Waals surface area contributed by atoms with Gasteiger partial charge in [0.25, 0.3) is 0 Å². The van der Waals surface area contributed by atoms with E-state index in [1.165, 1.54) is 28.0 Å².